The predicted octanol–water partition coefficient (Wildman–Crippen LogP) is 2.41. The molecule has 0 radical (unpaired) electrons. The molecule has 1 saturated carbocycles. The second-order valence-electron chi connectivity index (χ2n) is 5.20. The molecule has 0 atom stereocenters. The van der Waals surface area contributed by atoms with Crippen LogP contribution in [0.25, 0.3) is 0 Å². The number of hydrogen-bond acceptors (Lipinski definition) is 1. The van der Waals surface area contributed by atoms with Gasteiger partial charge >= 0.3 is 0 Å². The largest absolute Gasteiger partial charge is 0.330 e. The van der Waals surface area contributed by atoms with Gasteiger partial charge in [-0.05, 0) is 43.1 Å². The van der Waals surface area contributed by atoms with E-state index in [2.05, 4.69) is 20.8 Å². The Balaban J connectivity index is 2.14. The lowest BCUT2D eigenvalue weighted by atomic mass is 9.68. The third-order valence-corrected chi connectivity index (χ3v) is 2.57. The van der Waals surface area contributed by atoms with Gasteiger partial charge in [-0.15, -0.1) is 0 Å². The molecule has 0 amide bonds. The minimum Gasteiger partial charge on any atom is -0.330 e. The quantitative estimate of drug-likeness (QED) is 0.651. The molecule has 1 aliphatic rings. The lowest BCUT2D eigenvalue weighted by molar-refractivity contribution is 0.140. The van der Waals surface area contributed by atoms with Crippen LogP contribution >= 0.6 is 0 Å². The fraction of sp³-hybridized carbons (Fsp3) is 1.00. The Hall–Kier alpha value is -0.0400. The van der Waals surface area contributed by atoms with Crippen molar-refractivity contribution in [3.63, 3.8) is 0 Å². The molecule has 0 aromatic rings. The van der Waals surface area contributed by atoms with Crippen LogP contribution in [0.5, 0.6) is 0 Å². The third-order valence-electron chi connectivity index (χ3n) is 2.57. The van der Waals surface area contributed by atoms with Crippen molar-refractivity contribution in [2.75, 3.05) is 6.54 Å². The van der Waals surface area contributed by atoms with Crippen LogP contribution in [0.3, 0.4) is 0 Å². The standard InChI is InChI=1S/C10H21N/c1-10(2,3)6-8-4-9(5-8)7-11/h8-9H,4-7,11H2,1-3H3. The van der Waals surface area contributed by atoms with E-state index in [0.29, 0.717) is 5.41 Å². The summed E-state index contributed by atoms with van der Waals surface area (Å²) in [6.07, 6.45) is 4.14. The zero-order chi connectivity index (χ0) is 8.48. The molecule has 0 saturated heterocycles. The molecule has 1 heteroatoms. The van der Waals surface area contributed by atoms with Crippen LogP contribution in [0.4, 0.5) is 0 Å². The lowest BCUT2D eigenvalue weighted by Gasteiger charge is -2.38. The second kappa shape index (κ2) is 3.14. The molecule has 1 rings (SSSR count). The summed E-state index contributed by atoms with van der Waals surface area (Å²) in [4.78, 5) is 0. The van der Waals surface area contributed by atoms with Crippen LogP contribution in [0.2, 0.25) is 0 Å². The van der Waals surface area contributed by atoms with Crippen LogP contribution < -0.4 is 5.73 Å². The summed E-state index contributed by atoms with van der Waals surface area (Å²) in [6.45, 7) is 7.87. The van der Waals surface area contributed by atoms with Crippen molar-refractivity contribution in [2.45, 2.75) is 40.0 Å². The van der Waals surface area contributed by atoms with Gasteiger partial charge in [0.05, 0.1) is 0 Å². The fourth-order valence-electron chi connectivity index (χ4n) is 2.10. The van der Waals surface area contributed by atoms with Gasteiger partial charge in [-0.2, -0.15) is 0 Å². The first-order valence-corrected chi connectivity index (χ1v) is 4.71. The summed E-state index contributed by atoms with van der Waals surface area (Å²) in [6, 6.07) is 0. The van der Waals surface area contributed by atoms with Gasteiger partial charge in [0, 0.05) is 0 Å². The van der Waals surface area contributed by atoms with E-state index in [1.165, 1.54) is 19.3 Å². The molecule has 66 valence electrons. The first-order valence-electron chi connectivity index (χ1n) is 4.71. The van der Waals surface area contributed by atoms with E-state index in [1.54, 1.807) is 0 Å². The van der Waals surface area contributed by atoms with Crippen molar-refractivity contribution in [1.82, 2.24) is 0 Å². The summed E-state index contributed by atoms with van der Waals surface area (Å²) < 4.78 is 0. The number of rotatable bonds is 2. The maximum absolute atomic E-state index is 5.56. The van der Waals surface area contributed by atoms with Gasteiger partial charge < -0.3 is 5.73 Å². The molecule has 1 aliphatic carbocycles. The monoisotopic (exact) mass is 155 g/mol. The second-order valence-corrected chi connectivity index (χ2v) is 5.20. The highest BCUT2D eigenvalue weighted by atomic mass is 14.6. The summed E-state index contributed by atoms with van der Waals surface area (Å²) in [5.41, 5.74) is 6.08. The van der Waals surface area contributed by atoms with E-state index in [4.69, 9.17) is 5.73 Å². The zero-order valence-corrected chi connectivity index (χ0v) is 8.06. The third kappa shape index (κ3) is 2.82. The molecule has 0 bridgehead atoms. The fourth-order valence-corrected chi connectivity index (χ4v) is 2.10. The Labute approximate surface area is 70.4 Å². The lowest BCUT2D eigenvalue weighted by Crippen LogP contribution is -2.32. The topological polar surface area (TPSA) is 26.0 Å². The summed E-state index contributed by atoms with van der Waals surface area (Å²) in [5, 5.41) is 0. The number of nitrogens with two attached hydrogens (primary N) is 1. The van der Waals surface area contributed by atoms with Gasteiger partial charge in [-0.1, -0.05) is 20.8 Å². The van der Waals surface area contributed by atoms with Crippen molar-refractivity contribution >= 4 is 0 Å². The van der Waals surface area contributed by atoms with Crippen LogP contribution in [0.15, 0.2) is 0 Å². The summed E-state index contributed by atoms with van der Waals surface area (Å²) >= 11 is 0. The van der Waals surface area contributed by atoms with Gasteiger partial charge in [0.25, 0.3) is 0 Å². The van der Waals surface area contributed by atoms with Gasteiger partial charge in [-0.25, -0.2) is 0 Å². The van der Waals surface area contributed by atoms with Crippen molar-refractivity contribution in [3.8, 4) is 0 Å². The van der Waals surface area contributed by atoms with Gasteiger partial charge in [0.2, 0.25) is 0 Å². The van der Waals surface area contributed by atoms with E-state index >= 15 is 0 Å². The molecule has 0 aliphatic heterocycles. The van der Waals surface area contributed by atoms with Crippen molar-refractivity contribution in [2.24, 2.45) is 23.0 Å². The maximum atomic E-state index is 5.56. The normalized spacial score (nSPS) is 31.6. The summed E-state index contributed by atoms with van der Waals surface area (Å²) in [5.74, 6) is 1.82. The van der Waals surface area contributed by atoms with E-state index in [-0.39, 0.29) is 0 Å². The molecule has 0 aromatic heterocycles. The molecule has 11 heavy (non-hydrogen) atoms. The van der Waals surface area contributed by atoms with Crippen molar-refractivity contribution in [3.05, 3.63) is 0 Å². The van der Waals surface area contributed by atoms with E-state index in [0.717, 1.165) is 18.4 Å². The number of hydrogen-bond donors (Lipinski definition) is 1. The Morgan fingerprint density at radius 2 is 1.73 bits per heavy atom. The highest BCUT2D eigenvalue weighted by Gasteiger charge is 2.30. The molecule has 0 spiro atoms. The Bertz CT molecular complexity index is 117. The van der Waals surface area contributed by atoms with E-state index in [1.807, 2.05) is 0 Å². The molecule has 2 N–H and O–H groups in total. The first-order chi connectivity index (χ1) is 5.01. The smallest absolute Gasteiger partial charge is 0.00487 e. The van der Waals surface area contributed by atoms with Crippen LogP contribution in [-0.4, -0.2) is 6.54 Å². The van der Waals surface area contributed by atoms with Crippen molar-refractivity contribution < 1.29 is 0 Å². The van der Waals surface area contributed by atoms with Crippen LogP contribution in [-0.2, 0) is 0 Å². The molecular formula is C10H21N. The Morgan fingerprint density at radius 1 is 1.18 bits per heavy atom. The molecule has 0 unspecified atom stereocenters. The molecular weight excluding hydrogens is 134 g/mol. The molecule has 1 nitrogen and oxygen atoms in total. The average Bonchev–Trinajstić information content (AvgIpc) is 1.75. The van der Waals surface area contributed by atoms with Gasteiger partial charge in [-0.3, -0.25) is 0 Å². The van der Waals surface area contributed by atoms with E-state index in [9.17, 15) is 0 Å². The molecule has 0 aromatic carbocycles. The highest BCUT2D eigenvalue weighted by molar-refractivity contribution is 4.82. The minimum absolute atomic E-state index is 0.518. The molecule has 1 fully saturated rings. The molecule has 0 heterocycles. The van der Waals surface area contributed by atoms with Gasteiger partial charge in [0.15, 0.2) is 0 Å². The van der Waals surface area contributed by atoms with Crippen LogP contribution in [0, 0.1) is 17.3 Å². The van der Waals surface area contributed by atoms with E-state index < -0.39 is 0 Å². The van der Waals surface area contributed by atoms with Crippen molar-refractivity contribution in [1.29, 1.82) is 0 Å². The average molecular weight is 155 g/mol. The predicted molar refractivity (Wildman–Crippen MR) is 49.3 cm³/mol. The Kier molecular flexibility index (Phi) is 2.58. The van der Waals surface area contributed by atoms with Gasteiger partial charge in [0.1, 0.15) is 0 Å². The van der Waals surface area contributed by atoms with Crippen LogP contribution in [0.1, 0.15) is 40.0 Å². The first kappa shape index (κ1) is 9.05. The Morgan fingerprint density at radius 3 is 2.09 bits per heavy atom. The maximum Gasteiger partial charge on any atom is -0.00487 e. The zero-order valence-electron chi connectivity index (χ0n) is 8.06. The highest BCUT2D eigenvalue weighted by Crippen LogP contribution is 2.40. The summed E-state index contributed by atoms with van der Waals surface area (Å²) in [7, 11) is 0. The SMILES string of the molecule is CC(C)(C)CC1CC(CN)C1. The minimum atomic E-state index is 0.518.